The van der Waals surface area contributed by atoms with E-state index in [1.54, 1.807) is 0 Å². The highest BCUT2D eigenvalue weighted by atomic mass is 19.1. The average molecular weight is 301 g/mol. The smallest absolute Gasteiger partial charge is 0.223 e. The summed E-state index contributed by atoms with van der Waals surface area (Å²) in [7, 11) is 0. The van der Waals surface area contributed by atoms with Gasteiger partial charge < -0.3 is 5.73 Å². The van der Waals surface area contributed by atoms with Crippen molar-refractivity contribution in [1.29, 1.82) is 0 Å². The number of hydrogen-bond donors (Lipinski definition) is 1. The maximum Gasteiger partial charge on any atom is 0.223 e. The van der Waals surface area contributed by atoms with Crippen molar-refractivity contribution in [2.24, 2.45) is 22.5 Å². The molecule has 4 aliphatic rings. The molecule has 0 aromatic heterocycles. The van der Waals surface area contributed by atoms with E-state index in [1.807, 2.05) is 6.07 Å². The number of hydrogen-bond acceptors (Lipinski definition) is 1. The molecule has 2 nitrogen and oxygen atoms in total. The predicted molar refractivity (Wildman–Crippen MR) is 84.0 cm³/mol. The average Bonchev–Trinajstić information content (AvgIpc) is 2.71. The van der Waals surface area contributed by atoms with Crippen molar-refractivity contribution in [2.75, 3.05) is 6.67 Å². The monoisotopic (exact) mass is 301 g/mol. The Balaban J connectivity index is 1.87. The summed E-state index contributed by atoms with van der Waals surface area (Å²) in [6.07, 6.45) is 6.19. The molecule has 0 aliphatic heterocycles. The van der Waals surface area contributed by atoms with E-state index in [1.165, 1.54) is 5.56 Å². The second-order valence-corrected chi connectivity index (χ2v) is 8.26. The topological polar surface area (TPSA) is 43.1 Å². The van der Waals surface area contributed by atoms with Gasteiger partial charge in [0.25, 0.3) is 0 Å². The first kappa shape index (κ1) is 14.2. The van der Waals surface area contributed by atoms with Crippen LogP contribution in [0.4, 0.5) is 4.39 Å². The minimum Gasteiger partial charge on any atom is -0.369 e. The molecule has 2 N–H and O–H groups in total. The molecular weight excluding hydrogens is 277 g/mol. The van der Waals surface area contributed by atoms with Crippen LogP contribution in [0.25, 0.3) is 0 Å². The van der Waals surface area contributed by atoms with Crippen molar-refractivity contribution in [3.05, 3.63) is 35.9 Å². The molecule has 22 heavy (non-hydrogen) atoms. The van der Waals surface area contributed by atoms with Crippen molar-refractivity contribution >= 4 is 5.91 Å². The van der Waals surface area contributed by atoms with Gasteiger partial charge in [-0.05, 0) is 67.3 Å². The summed E-state index contributed by atoms with van der Waals surface area (Å²) in [6, 6.07) is 10.5. The Morgan fingerprint density at radius 2 is 1.91 bits per heavy atom. The quantitative estimate of drug-likeness (QED) is 0.908. The molecule has 3 heteroatoms. The molecule has 4 atom stereocenters. The lowest BCUT2D eigenvalue weighted by Crippen LogP contribution is -2.51. The Morgan fingerprint density at radius 1 is 1.14 bits per heavy atom. The van der Waals surface area contributed by atoms with Crippen LogP contribution in [-0.4, -0.2) is 12.6 Å². The molecule has 4 fully saturated rings. The number of benzene rings is 1. The van der Waals surface area contributed by atoms with Gasteiger partial charge in [0.2, 0.25) is 5.91 Å². The number of carbonyl (C=O) groups is 1. The zero-order valence-electron chi connectivity index (χ0n) is 13.0. The summed E-state index contributed by atoms with van der Waals surface area (Å²) in [4.78, 5) is 12.3. The van der Waals surface area contributed by atoms with Crippen LogP contribution in [-0.2, 0) is 10.2 Å². The third kappa shape index (κ3) is 1.87. The minimum absolute atomic E-state index is 0.0555. The van der Waals surface area contributed by atoms with Gasteiger partial charge in [-0.2, -0.15) is 0 Å². The standard InChI is InChI=1S/C19H24FNO/c20-13-17-6-7-18(16(21)22)9-14(8-17)10-19(11-17,12-18)15-4-2-1-3-5-15/h1-5,14H,6-13H2,(H2,21,22)/t14?,17-,18?,19+/m0/s1. The van der Waals surface area contributed by atoms with Gasteiger partial charge in [0, 0.05) is 0 Å². The molecule has 0 radical (unpaired) electrons. The lowest BCUT2D eigenvalue weighted by Gasteiger charge is -2.54. The molecular formula is C19H24FNO. The maximum atomic E-state index is 14.0. The number of alkyl halides is 1. The molecule has 1 amide bonds. The van der Waals surface area contributed by atoms with Gasteiger partial charge >= 0.3 is 0 Å². The van der Waals surface area contributed by atoms with Crippen LogP contribution >= 0.6 is 0 Å². The molecule has 1 aromatic rings. The van der Waals surface area contributed by atoms with Crippen LogP contribution in [0.2, 0.25) is 0 Å². The predicted octanol–water partition coefficient (Wildman–Crippen LogP) is 3.74. The van der Waals surface area contributed by atoms with E-state index in [-0.39, 0.29) is 23.4 Å². The second kappa shape index (κ2) is 4.56. The van der Waals surface area contributed by atoms with Crippen molar-refractivity contribution in [3.8, 4) is 0 Å². The molecule has 2 unspecified atom stereocenters. The molecule has 1 aromatic carbocycles. The minimum atomic E-state index is -0.411. The highest BCUT2D eigenvalue weighted by molar-refractivity contribution is 5.81. The van der Waals surface area contributed by atoms with Crippen molar-refractivity contribution in [1.82, 2.24) is 0 Å². The van der Waals surface area contributed by atoms with E-state index in [0.29, 0.717) is 5.92 Å². The first-order chi connectivity index (χ1) is 10.5. The zero-order valence-corrected chi connectivity index (χ0v) is 13.0. The molecule has 4 bridgehead atoms. The molecule has 4 aliphatic carbocycles. The molecule has 4 saturated carbocycles. The normalized spacial score (nSPS) is 43.0. The van der Waals surface area contributed by atoms with Crippen molar-refractivity contribution in [2.45, 2.75) is 50.4 Å². The summed E-state index contributed by atoms with van der Waals surface area (Å²) >= 11 is 0. The number of nitrogens with two attached hydrogens (primary N) is 1. The number of primary amides is 1. The van der Waals surface area contributed by atoms with Crippen LogP contribution in [0.3, 0.4) is 0 Å². The number of amides is 1. The Morgan fingerprint density at radius 3 is 2.59 bits per heavy atom. The molecule has 5 rings (SSSR count). The summed E-state index contributed by atoms with van der Waals surface area (Å²) in [5.41, 5.74) is 6.43. The van der Waals surface area contributed by atoms with Gasteiger partial charge in [0.05, 0.1) is 12.1 Å². The van der Waals surface area contributed by atoms with Crippen LogP contribution in [0, 0.1) is 16.7 Å². The molecule has 0 spiro atoms. The van der Waals surface area contributed by atoms with E-state index in [9.17, 15) is 9.18 Å². The third-order valence-electron chi connectivity index (χ3n) is 6.80. The lowest BCUT2D eigenvalue weighted by atomic mass is 9.49. The Labute approximate surface area is 131 Å². The molecule has 0 heterocycles. The van der Waals surface area contributed by atoms with E-state index in [0.717, 1.165) is 44.9 Å². The molecule has 0 saturated heterocycles. The largest absolute Gasteiger partial charge is 0.369 e. The van der Waals surface area contributed by atoms with Crippen LogP contribution in [0.15, 0.2) is 30.3 Å². The van der Waals surface area contributed by atoms with Crippen molar-refractivity contribution in [3.63, 3.8) is 0 Å². The van der Waals surface area contributed by atoms with Crippen LogP contribution in [0.5, 0.6) is 0 Å². The highest BCUT2D eigenvalue weighted by Gasteiger charge is 2.61. The zero-order chi connectivity index (χ0) is 15.4. The fourth-order valence-electron chi connectivity index (χ4n) is 6.13. The fraction of sp³-hybridized carbons (Fsp3) is 0.632. The number of rotatable bonds is 3. The fourth-order valence-corrected chi connectivity index (χ4v) is 6.13. The maximum absolute atomic E-state index is 14.0. The van der Waals surface area contributed by atoms with Gasteiger partial charge in [-0.25, -0.2) is 0 Å². The Kier molecular flexibility index (Phi) is 2.95. The van der Waals surface area contributed by atoms with Gasteiger partial charge in [-0.15, -0.1) is 0 Å². The summed E-state index contributed by atoms with van der Waals surface area (Å²) in [5.74, 6) is 0.280. The van der Waals surface area contributed by atoms with Crippen LogP contribution in [0.1, 0.15) is 50.5 Å². The first-order valence-electron chi connectivity index (χ1n) is 8.43. The van der Waals surface area contributed by atoms with Crippen LogP contribution < -0.4 is 5.73 Å². The number of halogens is 1. The summed E-state index contributed by atoms with van der Waals surface area (Å²) in [5, 5.41) is 0. The van der Waals surface area contributed by atoms with Crippen molar-refractivity contribution < 1.29 is 9.18 Å². The Hall–Kier alpha value is -1.38. The first-order valence-corrected chi connectivity index (χ1v) is 8.43. The SMILES string of the molecule is NC(=O)C12CC[C@]3(CF)CC(C1)C[C@](c1ccccc1)(C2)C3. The number of fused-ring (bicyclic) bond motifs is 1. The van der Waals surface area contributed by atoms with E-state index in [4.69, 9.17) is 5.73 Å². The van der Waals surface area contributed by atoms with Gasteiger partial charge in [0.1, 0.15) is 0 Å². The van der Waals surface area contributed by atoms with Gasteiger partial charge in [-0.3, -0.25) is 9.18 Å². The number of carbonyl (C=O) groups excluding carboxylic acids is 1. The van der Waals surface area contributed by atoms with E-state index in [2.05, 4.69) is 24.3 Å². The Bertz CT molecular complexity index is 603. The van der Waals surface area contributed by atoms with E-state index >= 15 is 0 Å². The van der Waals surface area contributed by atoms with Gasteiger partial charge in [0.15, 0.2) is 0 Å². The highest BCUT2D eigenvalue weighted by Crippen LogP contribution is 2.66. The molecule has 118 valence electrons. The third-order valence-corrected chi connectivity index (χ3v) is 6.80. The lowest BCUT2D eigenvalue weighted by molar-refractivity contribution is -0.133. The van der Waals surface area contributed by atoms with E-state index < -0.39 is 5.41 Å². The summed E-state index contributed by atoms with van der Waals surface area (Å²) in [6.45, 7) is -0.257. The van der Waals surface area contributed by atoms with Gasteiger partial charge in [-0.1, -0.05) is 30.3 Å². The summed E-state index contributed by atoms with van der Waals surface area (Å²) < 4.78 is 14.0. The second-order valence-electron chi connectivity index (χ2n) is 8.26.